The maximum absolute atomic E-state index is 12.7. The summed E-state index contributed by atoms with van der Waals surface area (Å²) in [6, 6.07) is 15.3. The van der Waals surface area contributed by atoms with Gasteiger partial charge in [-0.15, -0.1) is 0 Å². The molecule has 0 saturated carbocycles. The van der Waals surface area contributed by atoms with Crippen molar-refractivity contribution in [2.45, 2.75) is 19.4 Å². The average Bonchev–Trinajstić information content (AvgIpc) is 3.04. The Balaban J connectivity index is 1.34. The molecule has 0 atom stereocenters. The number of rotatable bonds is 6. The second kappa shape index (κ2) is 10.3. The second-order valence-electron chi connectivity index (χ2n) is 7.70. The van der Waals surface area contributed by atoms with E-state index >= 15 is 0 Å². The smallest absolute Gasteiger partial charge is 0.260 e. The Morgan fingerprint density at radius 2 is 1.68 bits per heavy atom. The van der Waals surface area contributed by atoms with Crippen molar-refractivity contribution in [3.8, 4) is 11.5 Å². The van der Waals surface area contributed by atoms with Crippen LogP contribution in [-0.2, 0) is 27.3 Å². The van der Waals surface area contributed by atoms with E-state index in [0.717, 1.165) is 16.9 Å². The highest BCUT2D eigenvalue weighted by Crippen LogP contribution is 2.25. The molecule has 4 rings (SSSR count). The fourth-order valence-corrected chi connectivity index (χ4v) is 3.79. The number of ether oxygens (including phenoxy) is 3. The van der Waals surface area contributed by atoms with Gasteiger partial charge in [0, 0.05) is 31.6 Å². The molecule has 1 saturated heterocycles. The predicted molar refractivity (Wildman–Crippen MR) is 115 cm³/mol. The number of para-hydroxylation sites is 1. The van der Waals surface area contributed by atoms with Gasteiger partial charge in [0.15, 0.2) is 6.61 Å². The van der Waals surface area contributed by atoms with Gasteiger partial charge in [0.2, 0.25) is 5.91 Å². The lowest BCUT2D eigenvalue weighted by Crippen LogP contribution is -2.40. The molecule has 2 aromatic carbocycles. The van der Waals surface area contributed by atoms with Gasteiger partial charge in [0.05, 0.1) is 19.8 Å². The van der Waals surface area contributed by atoms with E-state index in [1.54, 1.807) is 4.90 Å². The number of carbonyl (C=O) groups is 2. The molecule has 0 N–H and O–H groups in total. The van der Waals surface area contributed by atoms with Crippen LogP contribution in [0.15, 0.2) is 48.5 Å². The van der Waals surface area contributed by atoms with Crippen LogP contribution in [0.2, 0.25) is 0 Å². The number of nitrogens with zero attached hydrogens (tertiary/aromatic N) is 2. The van der Waals surface area contributed by atoms with Gasteiger partial charge in [-0.3, -0.25) is 9.59 Å². The molecule has 7 heteroatoms. The van der Waals surface area contributed by atoms with Gasteiger partial charge in [-0.05, 0) is 30.2 Å². The van der Waals surface area contributed by atoms with Gasteiger partial charge in [-0.2, -0.15) is 0 Å². The van der Waals surface area contributed by atoms with Crippen LogP contribution in [0.25, 0.3) is 0 Å². The lowest BCUT2D eigenvalue weighted by atomic mass is 10.0. The highest BCUT2D eigenvalue weighted by atomic mass is 16.5. The number of morpholine rings is 1. The van der Waals surface area contributed by atoms with E-state index in [-0.39, 0.29) is 18.4 Å². The lowest BCUT2D eigenvalue weighted by molar-refractivity contribution is -0.135. The number of amides is 2. The molecule has 2 aliphatic heterocycles. The number of benzene rings is 2. The van der Waals surface area contributed by atoms with Gasteiger partial charge in [-0.25, -0.2) is 0 Å². The molecule has 31 heavy (non-hydrogen) atoms. The summed E-state index contributed by atoms with van der Waals surface area (Å²) in [5.74, 6) is 1.55. The maximum atomic E-state index is 12.7. The van der Waals surface area contributed by atoms with Crippen molar-refractivity contribution in [3.63, 3.8) is 0 Å². The minimum atomic E-state index is -0.0757. The molecule has 0 unspecified atom stereocenters. The Kier molecular flexibility index (Phi) is 7.04. The van der Waals surface area contributed by atoms with E-state index in [4.69, 9.17) is 14.2 Å². The normalized spacial score (nSPS) is 16.1. The Morgan fingerprint density at radius 3 is 2.48 bits per heavy atom. The molecule has 2 amide bonds. The Hall–Kier alpha value is -3.06. The third-order valence-corrected chi connectivity index (χ3v) is 5.55. The molecule has 0 radical (unpaired) electrons. The van der Waals surface area contributed by atoms with E-state index in [0.29, 0.717) is 64.6 Å². The van der Waals surface area contributed by atoms with Crippen LogP contribution in [0.3, 0.4) is 0 Å². The molecule has 1 fully saturated rings. The highest BCUT2D eigenvalue weighted by Gasteiger charge is 2.21. The third-order valence-electron chi connectivity index (χ3n) is 5.55. The summed E-state index contributed by atoms with van der Waals surface area (Å²) in [5, 5.41) is 0. The Morgan fingerprint density at radius 1 is 0.903 bits per heavy atom. The van der Waals surface area contributed by atoms with Crippen LogP contribution in [0.5, 0.6) is 11.5 Å². The van der Waals surface area contributed by atoms with E-state index < -0.39 is 0 Å². The van der Waals surface area contributed by atoms with Crippen LogP contribution in [0.1, 0.15) is 17.5 Å². The zero-order valence-electron chi connectivity index (χ0n) is 17.6. The van der Waals surface area contributed by atoms with Crippen molar-refractivity contribution < 1.29 is 23.8 Å². The van der Waals surface area contributed by atoms with Gasteiger partial charge >= 0.3 is 0 Å². The summed E-state index contributed by atoms with van der Waals surface area (Å²) in [6.07, 6.45) is 1.13. The van der Waals surface area contributed by atoms with Gasteiger partial charge in [0.25, 0.3) is 5.91 Å². The molecule has 2 heterocycles. The summed E-state index contributed by atoms with van der Waals surface area (Å²) in [5.41, 5.74) is 2.03. The monoisotopic (exact) mass is 424 g/mol. The molecule has 7 nitrogen and oxygen atoms in total. The maximum Gasteiger partial charge on any atom is 0.260 e. The SMILES string of the molecule is O=C(CCc1ccc2c(c1)CN(C(=O)COc1ccccc1)CCO2)N1CCOCC1. The first-order valence-corrected chi connectivity index (χ1v) is 10.7. The zero-order chi connectivity index (χ0) is 21.5. The fraction of sp³-hybridized carbons (Fsp3) is 0.417. The van der Waals surface area contributed by atoms with Crippen LogP contribution in [0, 0.1) is 0 Å². The van der Waals surface area contributed by atoms with E-state index in [9.17, 15) is 9.59 Å². The van der Waals surface area contributed by atoms with Gasteiger partial charge < -0.3 is 24.0 Å². The summed E-state index contributed by atoms with van der Waals surface area (Å²) < 4.78 is 16.8. The summed E-state index contributed by atoms with van der Waals surface area (Å²) in [4.78, 5) is 28.7. The molecule has 2 aliphatic rings. The van der Waals surface area contributed by atoms with Crippen LogP contribution in [-0.4, -0.2) is 67.7 Å². The first kappa shape index (κ1) is 21.2. The zero-order valence-corrected chi connectivity index (χ0v) is 17.6. The first-order chi connectivity index (χ1) is 15.2. The fourth-order valence-electron chi connectivity index (χ4n) is 3.79. The summed E-state index contributed by atoms with van der Waals surface area (Å²) >= 11 is 0. The lowest BCUT2D eigenvalue weighted by Gasteiger charge is -2.26. The van der Waals surface area contributed by atoms with Crippen molar-refractivity contribution in [2.24, 2.45) is 0 Å². The molecule has 0 aliphatic carbocycles. The van der Waals surface area contributed by atoms with Gasteiger partial charge in [0.1, 0.15) is 18.1 Å². The molecule has 164 valence electrons. The molecule has 0 spiro atoms. The second-order valence-corrected chi connectivity index (χ2v) is 7.70. The summed E-state index contributed by atoms with van der Waals surface area (Å²) in [6.45, 7) is 3.97. The first-order valence-electron chi connectivity index (χ1n) is 10.7. The number of fused-ring (bicyclic) bond motifs is 1. The largest absolute Gasteiger partial charge is 0.491 e. The van der Waals surface area contributed by atoms with Gasteiger partial charge in [-0.1, -0.05) is 30.3 Å². The molecule has 0 aromatic heterocycles. The topological polar surface area (TPSA) is 68.3 Å². The molecular formula is C24H28N2O5. The molecule has 2 aromatic rings. The van der Waals surface area contributed by atoms with E-state index in [2.05, 4.69) is 0 Å². The van der Waals surface area contributed by atoms with E-state index in [1.807, 2.05) is 53.4 Å². The molecular weight excluding hydrogens is 396 g/mol. The molecule has 0 bridgehead atoms. The minimum absolute atomic E-state index is 0.00686. The Bertz CT molecular complexity index is 896. The van der Waals surface area contributed by atoms with Crippen LogP contribution < -0.4 is 9.47 Å². The van der Waals surface area contributed by atoms with Crippen LogP contribution in [0.4, 0.5) is 0 Å². The van der Waals surface area contributed by atoms with Crippen molar-refractivity contribution in [3.05, 3.63) is 59.7 Å². The minimum Gasteiger partial charge on any atom is -0.491 e. The van der Waals surface area contributed by atoms with Crippen molar-refractivity contribution in [1.29, 1.82) is 0 Å². The summed E-state index contributed by atoms with van der Waals surface area (Å²) in [7, 11) is 0. The third kappa shape index (κ3) is 5.76. The predicted octanol–water partition coefficient (Wildman–Crippen LogP) is 2.28. The number of carbonyl (C=O) groups excluding carboxylic acids is 2. The Labute approximate surface area is 182 Å². The van der Waals surface area contributed by atoms with Crippen molar-refractivity contribution in [1.82, 2.24) is 9.80 Å². The standard InChI is InChI=1S/C24H28N2O5/c27-23(25-10-13-29-14-11-25)9-7-19-6-8-22-20(16-19)17-26(12-15-30-22)24(28)18-31-21-4-2-1-3-5-21/h1-6,8,16H,7,9-15,17-18H2. The number of hydrogen-bond acceptors (Lipinski definition) is 5. The average molecular weight is 424 g/mol. The van der Waals surface area contributed by atoms with Crippen molar-refractivity contribution in [2.75, 3.05) is 46.1 Å². The van der Waals surface area contributed by atoms with E-state index in [1.165, 1.54) is 0 Å². The quantitative estimate of drug-likeness (QED) is 0.712. The van der Waals surface area contributed by atoms with Crippen molar-refractivity contribution >= 4 is 11.8 Å². The highest BCUT2D eigenvalue weighted by molar-refractivity contribution is 5.78. The van der Waals surface area contributed by atoms with Crippen LogP contribution >= 0.6 is 0 Å². The number of hydrogen-bond donors (Lipinski definition) is 0. The number of aryl methyl sites for hydroxylation is 1.